The summed E-state index contributed by atoms with van der Waals surface area (Å²) in [4.78, 5) is 17.1. The molecular weight excluding hydrogens is 314 g/mol. The first-order chi connectivity index (χ1) is 12.0. The molecule has 2 heterocycles. The quantitative estimate of drug-likeness (QED) is 0.908. The first kappa shape index (κ1) is 18.4. The number of rotatable bonds is 4. The summed E-state index contributed by atoms with van der Waals surface area (Å²) in [6, 6.07) is 8.48. The van der Waals surface area contributed by atoms with Crippen molar-refractivity contribution in [3.63, 3.8) is 0 Å². The molecule has 0 aromatic heterocycles. The van der Waals surface area contributed by atoms with Crippen molar-refractivity contribution in [2.75, 3.05) is 33.2 Å². The molecule has 1 N–H and O–H groups in total. The van der Waals surface area contributed by atoms with E-state index in [9.17, 15) is 4.79 Å². The summed E-state index contributed by atoms with van der Waals surface area (Å²) in [6.45, 7) is 9.08. The molecule has 1 aromatic carbocycles. The lowest BCUT2D eigenvalue weighted by Gasteiger charge is -2.35. The van der Waals surface area contributed by atoms with Gasteiger partial charge in [-0.2, -0.15) is 0 Å². The second kappa shape index (κ2) is 8.30. The zero-order chi connectivity index (χ0) is 17.8. The molecule has 5 heteroatoms. The van der Waals surface area contributed by atoms with E-state index < -0.39 is 0 Å². The van der Waals surface area contributed by atoms with Gasteiger partial charge in [-0.15, -0.1) is 0 Å². The molecule has 0 aliphatic carbocycles. The number of hydrogen-bond acceptors (Lipinski definition) is 4. The summed E-state index contributed by atoms with van der Waals surface area (Å²) < 4.78 is 5.79. The van der Waals surface area contributed by atoms with Crippen molar-refractivity contribution < 1.29 is 9.53 Å². The zero-order valence-corrected chi connectivity index (χ0v) is 15.7. The van der Waals surface area contributed by atoms with Gasteiger partial charge in [0.2, 0.25) is 0 Å². The number of morpholine rings is 1. The van der Waals surface area contributed by atoms with Gasteiger partial charge in [-0.05, 0) is 57.5 Å². The predicted octanol–water partition coefficient (Wildman–Crippen LogP) is 2.12. The second-order valence-corrected chi connectivity index (χ2v) is 7.55. The van der Waals surface area contributed by atoms with Crippen molar-refractivity contribution in [3.8, 4) is 0 Å². The van der Waals surface area contributed by atoms with E-state index in [0.29, 0.717) is 6.04 Å². The fourth-order valence-electron chi connectivity index (χ4n) is 3.99. The van der Waals surface area contributed by atoms with Gasteiger partial charge in [0.05, 0.1) is 12.2 Å². The van der Waals surface area contributed by atoms with Gasteiger partial charge in [-0.25, -0.2) is 0 Å². The number of carbonyl (C=O) groups is 1. The Kier molecular flexibility index (Phi) is 6.10. The van der Waals surface area contributed by atoms with Crippen molar-refractivity contribution >= 4 is 5.91 Å². The Hall–Kier alpha value is -1.43. The highest BCUT2D eigenvalue weighted by Gasteiger charge is 2.24. The summed E-state index contributed by atoms with van der Waals surface area (Å²) >= 11 is 0. The highest BCUT2D eigenvalue weighted by molar-refractivity contribution is 5.94. The Morgan fingerprint density at radius 1 is 1.16 bits per heavy atom. The van der Waals surface area contributed by atoms with Crippen molar-refractivity contribution in [2.45, 2.75) is 51.5 Å². The Morgan fingerprint density at radius 3 is 2.36 bits per heavy atom. The van der Waals surface area contributed by atoms with Crippen molar-refractivity contribution in [1.29, 1.82) is 0 Å². The van der Waals surface area contributed by atoms with Gasteiger partial charge in [-0.3, -0.25) is 9.69 Å². The van der Waals surface area contributed by atoms with E-state index in [1.807, 2.05) is 24.1 Å². The average molecular weight is 345 g/mol. The van der Waals surface area contributed by atoms with Gasteiger partial charge in [0.15, 0.2) is 0 Å². The van der Waals surface area contributed by atoms with Gasteiger partial charge in [0.25, 0.3) is 5.91 Å². The van der Waals surface area contributed by atoms with Crippen LogP contribution < -0.4 is 5.32 Å². The summed E-state index contributed by atoms with van der Waals surface area (Å²) in [6.07, 6.45) is 2.63. The molecule has 2 fully saturated rings. The van der Waals surface area contributed by atoms with E-state index in [0.717, 1.165) is 51.1 Å². The van der Waals surface area contributed by atoms with Crippen LogP contribution in [-0.2, 0) is 11.3 Å². The highest BCUT2D eigenvalue weighted by Crippen LogP contribution is 2.17. The second-order valence-electron chi connectivity index (χ2n) is 7.55. The minimum atomic E-state index is 0.132. The van der Waals surface area contributed by atoms with Crippen LogP contribution in [0.3, 0.4) is 0 Å². The molecule has 2 atom stereocenters. The first-order valence-corrected chi connectivity index (χ1v) is 9.47. The normalized spacial score (nSPS) is 25.7. The summed E-state index contributed by atoms with van der Waals surface area (Å²) in [5, 5.41) is 3.35. The third kappa shape index (κ3) is 4.81. The SMILES string of the molecule is CC1CN(Cc2ccc(C(=O)N(C)C3CCNCC3)cc2)CC(C)O1. The molecule has 0 bridgehead atoms. The molecule has 1 amide bonds. The Morgan fingerprint density at radius 2 is 1.76 bits per heavy atom. The van der Waals surface area contributed by atoms with Gasteiger partial charge >= 0.3 is 0 Å². The molecule has 2 aliphatic rings. The number of benzene rings is 1. The van der Waals surface area contributed by atoms with Gasteiger partial charge < -0.3 is 15.0 Å². The van der Waals surface area contributed by atoms with Crippen LogP contribution in [0.1, 0.15) is 42.6 Å². The van der Waals surface area contributed by atoms with Crippen molar-refractivity contribution in [3.05, 3.63) is 35.4 Å². The molecule has 0 radical (unpaired) electrons. The number of amides is 1. The van der Waals surface area contributed by atoms with Crippen LogP contribution in [-0.4, -0.2) is 67.2 Å². The Balaban J connectivity index is 1.58. The monoisotopic (exact) mass is 345 g/mol. The van der Waals surface area contributed by atoms with E-state index in [1.165, 1.54) is 5.56 Å². The molecule has 0 saturated carbocycles. The smallest absolute Gasteiger partial charge is 0.253 e. The lowest BCUT2D eigenvalue weighted by molar-refractivity contribution is -0.0704. The zero-order valence-electron chi connectivity index (χ0n) is 15.7. The topological polar surface area (TPSA) is 44.8 Å². The molecule has 2 unspecified atom stereocenters. The maximum atomic E-state index is 12.7. The minimum Gasteiger partial charge on any atom is -0.373 e. The number of hydrogen-bond donors (Lipinski definition) is 1. The molecule has 5 nitrogen and oxygen atoms in total. The molecule has 138 valence electrons. The number of ether oxygens (including phenoxy) is 1. The lowest BCUT2D eigenvalue weighted by atomic mass is 10.0. The van der Waals surface area contributed by atoms with Crippen LogP contribution in [0.15, 0.2) is 24.3 Å². The molecular formula is C20H31N3O2. The molecule has 1 aromatic rings. The van der Waals surface area contributed by atoms with Crippen LogP contribution >= 0.6 is 0 Å². The Labute approximate surface area is 151 Å². The van der Waals surface area contributed by atoms with Crippen LogP contribution in [0.5, 0.6) is 0 Å². The first-order valence-electron chi connectivity index (χ1n) is 9.47. The lowest BCUT2D eigenvalue weighted by Crippen LogP contribution is -2.44. The third-order valence-electron chi connectivity index (χ3n) is 5.28. The van der Waals surface area contributed by atoms with Crippen LogP contribution in [0, 0.1) is 0 Å². The maximum absolute atomic E-state index is 12.7. The predicted molar refractivity (Wildman–Crippen MR) is 99.7 cm³/mol. The molecule has 0 spiro atoms. The number of nitrogens with one attached hydrogen (secondary N) is 1. The largest absolute Gasteiger partial charge is 0.373 e. The number of piperidine rings is 1. The van der Waals surface area contributed by atoms with Gasteiger partial charge in [-0.1, -0.05) is 12.1 Å². The van der Waals surface area contributed by atoms with Gasteiger partial charge in [0, 0.05) is 38.3 Å². The van der Waals surface area contributed by atoms with Crippen LogP contribution in [0.25, 0.3) is 0 Å². The van der Waals surface area contributed by atoms with Gasteiger partial charge in [0.1, 0.15) is 0 Å². The maximum Gasteiger partial charge on any atom is 0.253 e. The summed E-state index contributed by atoms with van der Waals surface area (Å²) in [5.41, 5.74) is 2.04. The standard InChI is InChI=1S/C20H31N3O2/c1-15-12-23(13-16(2)25-15)14-17-4-6-18(7-5-17)20(24)22(3)19-8-10-21-11-9-19/h4-7,15-16,19,21H,8-14H2,1-3H3. The summed E-state index contributed by atoms with van der Waals surface area (Å²) in [5.74, 6) is 0.132. The molecule has 2 saturated heterocycles. The molecule has 3 rings (SSSR count). The van der Waals surface area contributed by atoms with E-state index in [-0.39, 0.29) is 18.1 Å². The fourth-order valence-corrected chi connectivity index (χ4v) is 3.99. The van der Waals surface area contributed by atoms with Crippen molar-refractivity contribution in [1.82, 2.24) is 15.1 Å². The van der Waals surface area contributed by atoms with Crippen molar-refractivity contribution in [2.24, 2.45) is 0 Å². The molecule has 25 heavy (non-hydrogen) atoms. The van der Waals surface area contributed by atoms with E-state index >= 15 is 0 Å². The fraction of sp³-hybridized carbons (Fsp3) is 0.650. The average Bonchev–Trinajstić information content (AvgIpc) is 2.61. The highest BCUT2D eigenvalue weighted by atomic mass is 16.5. The molecule has 2 aliphatic heterocycles. The summed E-state index contributed by atoms with van der Waals surface area (Å²) in [7, 11) is 1.93. The third-order valence-corrected chi connectivity index (χ3v) is 5.28. The minimum absolute atomic E-state index is 0.132. The van der Waals surface area contributed by atoms with E-state index in [4.69, 9.17) is 4.74 Å². The Bertz CT molecular complexity index is 559. The van der Waals surface area contributed by atoms with E-state index in [1.54, 1.807) is 0 Å². The van der Waals surface area contributed by atoms with Crippen LogP contribution in [0.4, 0.5) is 0 Å². The van der Waals surface area contributed by atoms with E-state index in [2.05, 4.69) is 36.2 Å². The number of nitrogens with zero attached hydrogens (tertiary/aromatic N) is 2. The number of carbonyl (C=O) groups excluding carboxylic acids is 1. The van der Waals surface area contributed by atoms with Crippen LogP contribution in [0.2, 0.25) is 0 Å².